The van der Waals surface area contributed by atoms with Gasteiger partial charge in [-0.05, 0) is 61.8 Å². The molecule has 1 amide bonds. The molecule has 0 spiro atoms. The van der Waals surface area contributed by atoms with E-state index in [0.717, 1.165) is 36.3 Å². The van der Waals surface area contributed by atoms with Crippen LogP contribution in [0.3, 0.4) is 0 Å². The van der Waals surface area contributed by atoms with E-state index in [2.05, 4.69) is 10.3 Å². The predicted octanol–water partition coefficient (Wildman–Crippen LogP) is 3.51. The molecule has 0 saturated heterocycles. The number of hydrogen-bond donors (Lipinski definition) is 2. The number of carbonyl (C=O) groups excluding carboxylic acids is 1. The molecule has 0 atom stereocenters. The van der Waals surface area contributed by atoms with Crippen molar-refractivity contribution in [3.63, 3.8) is 0 Å². The molecule has 2 N–H and O–H groups in total. The maximum absolute atomic E-state index is 12.7. The summed E-state index contributed by atoms with van der Waals surface area (Å²) in [7, 11) is 0. The monoisotopic (exact) mass is 439 g/mol. The van der Waals surface area contributed by atoms with Crippen LogP contribution in [0.5, 0.6) is 0 Å². The third kappa shape index (κ3) is 4.90. The molecule has 1 aliphatic carbocycles. The number of nitrogens with one attached hydrogen (secondary N) is 2. The minimum Gasteiger partial charge on any atom is -0.356 e. The summed E-state index contributed by atoms with van der Waals surface area (Å²) < 4.78 is 1.30. The maximum atomic E-state index is 12.7. The van der Waals surface area contributed by atoms with Crippen molar-refractivity contribution in [1.82, 2.24) is 14.9 Å². The molecule has 3 aromatic rings. The molecule has 1 fully saturated rings. The van der Waals surface area contributed by atoms with Crippen molar-refractivity contribution >= 4 is 28.4 Å². The molecule has 31 heavy (non-hydrogen) atoms. The number of aromatic amines is 1. The summed E-state index contributed by atoms with van der Waals surface area (Å²) >= 11 is 6.16. The van der Waals surface area contributed by atoms with Crippen LogP contribution in [-0.4, -0.2) is 22.0 Å². The van der Waals surface area contributed by atoms with Crippen molar-refractivity contribution < 1.29 is 4.79 Å². The lowest BCUT2D eigenvalue weighted by Crippen LogP contribution is -2.39. The fourth-order valence-electron chi connectivity index (χ4n) is 4.40. The Morgan fingerprint density at radius 2 is 1.74 bits per heavy atom. The van der Waals surface area contributed by atoms with E-state index >= 15 is 0 Å². The lowest BCUT2D eigenvalue weighted by Gasteiger charge is -2.28. The summed E-state index contributed by atoms with van der Waals surface area (Å²) in [4.78, 5) is 40.4. The van der Waals surface area contributed by atoms with E-state index in [-0.39, 0.29) is 29.0 Å². The van der Waals surface area contributed by atoms with E-state index in [9.17, 15) is 14.4 Å². The van der Waals surface area contributed by atoms with Crippen LogP contribution in [0, 0.1) is 11.8 Å². The zero-order valence-electron chi connectivity index (χ0n) is 17.3. The summed E-state index contributed by atoms with van der Waals surface area (Å²) in [6.45, 7) is 0.949. The number of nitrogens with zero attached hydrogens (tertiary/aromatic N) is 1. The first-order valence-corrected chi connectivity index (χ1v) is 11.1. The van der Waals surface area contributed by atoms with Crippen LogP contribution >= 0.6 is 11.6 Å². The second kappa shape index (κ2) is 9.52. The molecule has 1 aromatic heterocycles. The van der Waals surface area contributed by atoms with Crippen LogP contribution in [-0.2, 0) is 17.8 Å². The SMILES string of the molecule is O=C(NCCc1ccccc1Cl)C1CCC(Cn2c(=O)[nH]c3ccccc3c2=O)CC1. The number of amides is 1. The molecule has 4 rings (SSSR count). The Labute approximate surface area is 185 Å². The van der Waals surface area contributed by atoms with Crippen LogP contribution in [0.1, 0.15) is 31.2 Å². The summed E-state index contributed by atoms with van der Waals surface area (Å²) in [6, 6.07) is 14.7. The van der Waals surface area contributed by atoms with Crippen LogP contribution < -0.4 is 16.6 Å². The molecule has 1 heterocycles. The van der Waals surface area contributed by atoms with E-state index in [1.165, 1.54) is 4.57 Å². The van der Waals surface area contributed by atoms with Gasteiger partial charge >= 0.3 is 5.69 Å². The average molecular weight is 440 g/mol. The molecule has 1 aliphatic rings. The molecule has 0 radical (unpaired) electrons. The van der Waals surface area contributed by atoms with Gasteiger partial charge in [0.25, 0.3) is 5.56 Å². The number of H-pyrrole nitrogens is 1. The normalized spacial score (nSPS) is 18.7. The number of halogens is 1. The minimum atomic E-state index is -0.372. The highest BCUT2D eigenvalue weighted by Crippen LogP contribution is 2.29. The maximum Gasteiger partial charge on any atom is 0.328 e. The summed E-state index contributed by atoms with van der Waals surface area (Å²) in [5, 5.41) is 4.26. The number of fused-ring (bicyclic) bond motifs is 1. The number of para-hydroxylation sites is 1. The molecule has 162 valence electrons. The lowest BCUT2D eigenvalue weighted by molar-refractivity contribution is -0.126. The zero-order chi connectivity index (χ0) is 21.8. The molecule has 6 nitrogen and oxygen atoms in total. The van der Waals surface area contributed by atoms with Crippen molar-refractivity contribution in [3.05, 3.63) is 80.0 Å². The van der Waals surface area contributed by atoms with Gasteiger partial charge in [-0.2, -0.15) is 0 Å². The van der Waals surface area contributed by atoms with Gasteiger partial charge in [-0.15, -0.1) is 0 Å². The first-order valence-electron chi connectivity index (χ1n) is 10.8. The number of benzene rings is 2. The lowest BCUT2D eigenvalue weighted by atomic mass is 9.81. The molecule has 0 aliphatic heterocycles. The van der Waals surface area contributed by atoms with E-state index in [1.54, 1.807) is 24.3 Å². The van der Waals surface area contributed by atoms with Gasteiger partial charge in [0.1, 0.15) is 0 Å². The third-order valence-corrected chi connectivity index (χ3v) is 6.57. The summed E-state index contributed by atoms with van der Waals surface area (Å²) in [6.07, 6.45) is 3.88. The molecule has 7 heteroatoms. The fourth-order valence-corrected chi connectivity index (χ4v) is 4.63. The van der Waals surface area contributed by atoms with E-state index < -0.39 is 0 Å². The quantitative estimate of drug-likeness (QED) is 0.616. The van der Waals surface area contributed by atoms with E-state index in [1.807, 2.05) is 24.3 Å². The zero-order valence-corrected chi connectivity index (χ0v) is 18.0. The number of aromatic nitrogens is 2. The van der Waals surface area contributed by atoms with Crippen molar-refractivity contribution in [2.45, 2.75) is 38.6 Å². The van der Waals surface area contributed by atoms with Crippen molar-refractivity contribution in [2.24, 2.45) is 11.8 Å². The Kier molecular flexibility index (Phi) is 6.56. The Morgan fingerprint density at radius 1 is 1.03 bits per heavy atom. The van der Waals surface area contributed by atoms with Gasteiger partial charge in [-0.1, -0.05) is 41.9 Å². The predicted molar refractivity (Wildman–Crippen MR) is 122 cm³/mol. The third-order valence-electron chi connectivity index (χ3n) is 6.20. The van der Waals surface area contributed by atoms with Gasteiger partial charge in [0.15, 0.2) is 0 Å². The molecule has 1 saturated carbocycles. The van der Waals surface area contributed by atoms with Gasteiger partial charge in [0.2, 0.25) is 5.91 Å². The average Bonchev–Trinajstić information content (AvgIpc) is 2.78. The van der Waals surface area contributed by atoms with Crippen LogP contribution in [0.2, 0.25) is 5.02 Å². The standard InChI is InChI=1S/C24H26ClN3O3/c25-20-7-3-1-5-17(20)13-14-26-22(29)18-11-9-16(10-12-18)15-28-23(30)19-6-2-4-8-21(19)27-24(28)31/h1-8,16,18H,9-15H2,(H,26,29)(H,27,31). The van der Waals surface area contributed by atoms with Gasteiger partial charge in [-0.25, -0.2) is 4.79 Å². The second-order valence-electron chi connectivity index (χ2n) is 8.24. The largest absolute Gasteiger partial charge is 0.356 e. The number of carbonyl (C=O) groups is 1. The van der Waals surface area contributed by atoms with Crippen molar-refractivity contribution in [1.29, 1.82) is 0 Å². The highest BCUT2D eigenvalue weighted by atomic mass is 35.5. The Morgan fingerprint density at radius 3 is 2.52 bits per heavy atom. The number of hydrogen-bond acceptors (Lipinski definition) is 3. The minimum absolute atomic E-state index is 0.0193. The second-order valence-corrected chi connectivity index (χ2v) is 8.65. The molecule has 2 aromatic carbocycles. The van der Waals surface area contributed by atoms with Crippen LogP contribution in [0.4, 0.5) is 0 Å². The topological polar surface area (TPSA) is 84.0 Å². The summed E-state index contributed by atoms with van der Waals surface area (Å²) in [5.74, 6) is 0.271. The van der Waals surface area contributed by atoms with Crippen LogP contribution in [0.15, 0.2) is 58.1 Å². The molecule has 0 unspecified atom stereocenters. The Hall–Kier alpha value is -2.86. The van der Waals surface area contributed by atoms with Crippen molar-refractivity contribution in [2.75, 3.05) is 6.54 Å². The van der Waals surface area contributed by atoms with E-state index in [0.29, 0.717) is 30.4 Å². The van der Waals surface area contributed by atoms with Crippen LogP contribution in [0.25, 0.3) is 10.9 Å². The van der Waals surface area contributed by atoms with Gasteiger partial charge < -0.3 is 10.3 Å². The molecular weight excluding hydrogens is 414 g/mol. The Bertz CT molecular complexity index is 1190. The first kappa shape index (κ1) is 21.4. The molecule has 0 bridgehead atoms. The van der Waals surface area contributed by atoms with Gasteiger partial charge in [0.05, 0.1) is 10.9 Å². The molecular formula is C24H26ClN3O3. The Balaban J connectivity index is 1.30. The highest BCUT2D eigenvalue weighted by molar-refractivity contribution is 6.31. The highest BCUT2D eigenvalue weighted by Gasteiger charge is 2.27. The van der Waals surface area contributed by atoms with Crippen molar-refractivity contribution in [3.8, 4) is 0 Å². The fraction of sp³-hybridized carbons (Fsp3) is 0.375. The van der Waals surface area contributed by atoms with Gasteiger partial charge in [0, 0.05) is 24.0 Å². The van der Waals surface area contributed by atoms with E-state index in [4.69, 9.17) is 11.6 Å². The summed E-state index contributed by atoms with van der Waals surface area (Å²) in [5.41, 5.74) is 0.965. The smallest absolute Gasteiger partial charge is 0.328 e. The first-order chi connectivity index (χ1) is 15.0. The number of rotatable bonds is 6. The van der Waals surface area contributed by atoms with Gasteiger partial charge in [-0.3, -0.25) is 14.2 Å².